The molecule has 0 atom stereocenters. The van der Waals surface area contributed by atoms with Gasteiger partial charge in [0, 0.05) is 38.7 Å². The Morgan fingerprint density at radius 1 is 0.771 bits per heavy atom. The minimum Gasteiger partial charge on any atom is -0.465 e. The van der Waals surface area contributed by atoms with Gasteiger partial charge in [-0.3, -0.25) is 10.3 Å². The second-order valence-electron chi connectivity index (χ2n) is 8.69. The first kappa shape index (κ1) is 26.3. The SMILES string of the molecule is O=C(O)NCCCCNCCNCNC(Cc1ccccc1)(Cc1ccccc1)c1cccnc1. The van der Waals surface area contributed by atoms with Crippen LogP contribution in [0.15, 0.2) is 85.2 Å². The number of aromatic nitrogens is 1. The van der Waals surface area contributed by atoms with E-state index in [1.165, 1.54) is 16.7 Å². The number of carboxylic acid groups (broad SMARTS) is 1. The molecule has 1 amide bonds. The van der Waals surface area contributed by atoms with Crippen molar-refractivity contribution in [2.75, 3.05) is 32.8 Å². The Morgan fingerprint density at radius 2 is 1.40 bits per heavy atom. The first-order chi connectivity index (χ1) is 17.2. The molecule has 1 heterocycles. The van der Waals surface area contributed by atoms with Gasteiger partial charge in [-0.1, -0.05) is 66.7 Å². The number of hydrogen-bond donors (Lipinski definition) is 5. The third kappa shape index (κ3) is 9.48. The predicted octanol–water partition coefficient (Wildman–Crippen LogP) is 3.54. The molecule has 0 aliphatic heterocycles. The highest BCUT2D eigenvalue weighted by Crippen LogP contribution is 2.29. The minimum absolute atomic E-state index is 0.311. The Balaban J connectivity index is 1.58. The quantitative estimate of drug-likeness (QED) is 0.161. The normalized spacial score (nSPS) is 11.3. The smallest absolute Gasteiger partial charge is 0.404 e. The van der Waals surface area contributed by atoms with Crippen molar-refractivity contribution in [3.05, 3.63) is 102 Å². The van der Waals surface area contributed by atoms with Crippen LogP contribution in [0.5, 0.6) is 0 Å². The maximum atomic E-state index is 10.5. The molecule has 35 heavy (non-hydrogen) atoms. The standard InChI is InChI=1S/C28H37N5O2/c34-27(35)32-17-8-7-15-29-18-19-31-23-33-28(26-14-9-16-30-22-26,20-24-10-3-1-4-11-24)21-25-12-5-2-6-13-25/h1-6,9-14,16,22,29,31-33H,7-8,15,17-21,23H2,(H,34,35). The van der Waals surface area contributed by atoms with E-state index in [1.54, 1.807) is 0 Å². The number of hydrogen-bond acceptors (Lipinski definition) is 5. The minimum atomic E-state index is -0.962. The van der Waals surface area contributed by atoms with Crippen molar-refractivity contribution in [3.63, 3.8) is 0 Å². The fourth-order valence-corrected chi connectivity index (χ4v) is 4.22. The third-order valence-electron chi connectivity index (χ3n) is 6.00. The molecule has 0 saturated heterocycles. The zero-order chi connectivity index (χ0) is 24.6. The Bertz CT molecular complexity index is 929. The van der Waals surface area contributed by atoms with Crippen LogP contribution in [0.4, 0.5) is 4.79 Å². The number of nitrogens with zero attached hydrogens (tertiary/aromatic N) is 1. The lowest BCUT2D eigenvalue weighted by Crippen LogP contribution is -2.50. The Labute approximate surface area is 208 Å². The Hall–Kier alpha value is -3.26. The van der Waals surface area contributed by atoms with E-state index in [4.69, 9.17) is 5.11 Å². The fourth-order valence-electron chi connectivity index (χ4n) is 4.22. The molecule has 7 nitrogen and oxygen atoms in total. The van der Waals surface area contributed by atoms with Crippen LogP contribution in [0.2, 0.25) is 0 Å². The largest absolute Gasteiger partial charge is 0.465 e. The van der Waals surface area contributed by atoms with Gasteiger partial charge >= 0.3 is 6.09 Å². The van der Waals surface area contributed by atoms with E-state index in [0.29, 0.717) is 13.2 Å². The van der Waals surface area contributed by atoms with Gasteiger partial charge in [0.2, 0.25) is 0 Å². The van der Waals surface area contributed by atoms with Crippen molar-refractivity contribution in [1.29, 1.82) is 0 Å². The number of nitrogens with one attached hydrogen (secondary N) is 4. The highest BCUT2D eigenvalue weighted by molar-refractivity contribution is 5.64. The van der Waals surface area contributed by atoms with E-state index >= 15 is 0 Å². The molecule has 0 saturated carbocycles. The lowest BCUT2D eigenvalue weighted by molar-refractivity contribution is 0.194. The van der Waals surface area contributed by atoms with Gasteiger partial charge in [-0.15, -0.1) is 0 Å². The van der Waals surface area contributed by atoms with Crippen LogP contribution in [0.1, 0.15) is 29.5 Å². The molecule has 7 heteroatoms. The van der Waals surface area contributed by atoms with Crippen molar-refractivity contribution in [2.45, 2.75) is 31.2 Å². The second-order valence-corrected chi connectivity index (χ2v) is 8.69. The first-order valence-corrected chi connectivity index (χ1v) is 12.3. The van der Waals surface area contributed by atoms with Gasteiger partial charge in [-0.2, -0.15) is 0 Å². The van der Waals surface area contributed by atoms with Crippen LogP contribution in [-0.2, 0) is 18.4 Å². The Kier molecular flexibility index (Phi) is 11.2. The van der Waals surface area contributed by atoms with Crippen LogP contribution >= 0.6 is 0 Å². The van der Waals surface area contributed by atoms with Crippen LogP contribution in [0, 0.1) is 0 Å². The number of carbonyl (C=O) groups is 1. The summed E-state index contributed by atoms with van der Waals surface area (Å²) in [7, 11) is 0. The summed E-state index contributed by atoms with van der Waals surface area (Å²) in [6.07, 6.45) is 6.30. The molecular weight excluding hydrogens is 438 g/mol. The molecule has 0 fully saturated rings. The van der Waals surface area contributed by atoms with Gasteiger partial charge in [0.1, 0.15) is 0 Å². The highest BCUT2D eigenvalue weighted by Gasteiger charge is 2.32. The van der Waals surface area contributed by atoms with Crippen LogP contribution in [0.25, 0.3) is 0 Å². The molecule has 2 aromatic carbocycles. The lowest BCUT2D eigenvalue weighted by atomic mass is 9.79. The van der Waals surface area contributed by atoms with Crippen molar-refractivity contribution in [3.8, 4) is 0 Å². The summed E-state index contributed by atoms with van der Waals surface area (Å²) in [6, 6.07) is 25.4. The number of rotatable bonds is 16. The monoisotopic (exact) mass is 475 g/mol. The summed E-state index contributed by atoms with van der Waals surface area (Å²) < 4.78 is 0. The molecule has 0 aliphatic carbocycles. The van der Waals surface area contributed by atoms with Gasteiger partial charge in [0.15, 0.2) is 0 Å². The van der Waals surface area contributed by atoms with E-state index in [1.807, 2.05) is 18.5 Å². The summed E-state index contributed by atoms with van der Waals surface area (Å²) >= 11 is 0. The van der Waals surface area contributed by atoms with Crippen molar-refractivity contribution >= 4 is 6.09 Å². The van der Waals surface area contributed by atoms with Gasteiger partial charge in [0.05, 0.1) is 5.54 Å². The van der Waals surface area contributed by atoms with Crippen LogP contribution in [-0.4, -0.2) is 49.0 Å². The topological polar surface area (TPSA) is 98.3 Å². The zero-order valence-corrected chi connectivity index (χ0v) is 20.2. The molecule has 0 aliphatic rings. The number of pyridine rings is 1. The van der Waals surface area contributed by atoms with E-state index in [9.17, 15) is 4.79 Å². The summed E-state index contributed by atoms with van der Waals surface area (Å²) in [4.78, 5) is 14.9. The highest BCUT2D eigenvalue weighted by atomic mass is 16.4. The van der Waals surface area contributed by atoms with Gasteiger partial charge in [-0.05, 0) is 55.0 Å². The number of amides is 1. The molecule has 0 bridgehead atoms. The molecule has 3 aromatic rings. The molecule has 0 unspecified atom stereocenters. The van der Waals surface area contributed by atoms with Crippen LogP contribution in [0.3, 0.4) is 0 Å². The van der Waals surface area contributed by atoms with E-state index in [2.05, 4.69) is 93.0 Å². The fraction of sp³-hybridized carbons (Fsp3) is 0.357. The lowest BCUT2D eigenvalue weighted by Gasteiger charge is -2.36. The average Bonchev–Trinajstić information content (AvgIpc) is 2.88. The number of benzene rings is 2. The van der Waals surface area contributed by atoms with E-state index in [0.717, 1.165) is 45.3 Å². The molecule has 5 N–H and O–H groups in total. The molecule has 3 rings (SSSR count). The van der Waals surface area contributed by atoms with Gasteiger partial charge in [-0.25, -0.2) is 4.79 Å². The van der Waals surface area contributed by atoms with E-state index < -0.39 is 6.09 Å². The summed E-state index contributed by atoms with van der Waals surface area (Å²) in [5, 5.41) is 21.7. The van der Waals surface area contributed by atoms with E-state index in [-0.39, 0.29) is 5.54 Å². The summed E-state index contributed by atoms with van der Waals surface area (Å²) in [6.45, 7) is 3.72. The predicted molar refractivity (Wildman–Crippen MR) is 140 cm³/mol. The third-order valence-corrected chi connectivity index (χ3v) is 6.00. The molecule has 1 aromatic heterocycles. The number of unbranched alkanes of at least 4 members (excludes halogenated alkanes) is 1. The molecule has 0 spiro atoms. The Morgan fingerprint density at radius 3 is 2.00 bits per heavy atom. The van der Waals surface area contributed by atoms with Crippen molar-refractivity contribution < 1.29 is 9.90 Å². The van der Waals surface area contributed by atoms with Crippen molar-refractivity contribution in [2.24, 2.45) is 0 Å². The average molecular weight is 476 g/mol. The van der Waals surface area contributed by atoms with Crippen LogP contribution < -0.4 is 21.3 Å². The molecular formula is C28H37N5O2. The second kappa shape index (κ2) is 14.9. The van der Waals surface area contributed by atoms with Gasteiger partial charge in [0.25, 0.3) is 0 Å². The maximum absolute atomic E-state index is 10.5. The molecule has 186 valence electrons. The summed E-state index contributed by atoms with van der Waals surface area (Å²) in [5.41, 5.74) is 3.41. The summed E-state index contributed by atoms with van der Waals surface area (Å²) in [5.74, 6) is 0. The first-order valence-electron chi connectivity index (χ1n) is 12.3. The van der Waals surface area contributed by atoms with Gasteiger partial charge < -0.3 is 21.1 Å². The zero-order valence-electron chi connectivity index (χ0n) is 20.2. The maximum Gasteiger partial charge on any atom is 0.404 e. The van der Waals surface area contributed by atoms with Crippen molar-refractivity contribution in [1.82, 2.24) is 26.3 Å². The molecule has 0 radical (unpaired) electrons.